The number of benzene rings is 2. The van der Waals surface area contributed by atoms with Gasteiger partial charge in [-0.05, 0) is 66.5 Å². The summed E-state index contributed by atoms with van der Waals surface area (Å²) in [4.78, 5) is 2.56. The Balaban J connectivity index is 0.00000131. The maximum absolute atomic E-state index is 5.66. The largest absolute Gasteiger partial charge is 0.371 e. The first-order valence-corrected chi connectivity index (χ1v) is 9.70. The summed E-state index contributed by atoms with van der Waals surface area (Å²) in [6.07, 6.45) is 6.31. The molecule has 2 aromatic carbocycles. The summed E-state index contributed by atoms with van der Waals surface area (Å²) in [5, 5.41) is 3.73. The third kappa shape index (κ3) is 5.39. The number of hydrogen-bond donors (Lipinski definition) is 2. The molecule has 0 radical (unpaired) electrons. The van der Waals surface area contributed by atoms with Crippen LogP contribution in [-0.4, -0.2) is 19.1 Å². The van der Waals surface area contributed by atoms with E-state index in [1.54, 1.807) is 11.1 Å². The van der Waals surface area contributed by atoms with Gasteiger partial charge in [0.2, 0.25) is 0 Å². The normalized spacial score (nSPS) is 16.4. The minimum atomic E-state index is 0. The van der Waals surface area contributed by atoms with Gasteiger partial charge in [-0.25, -0.2) is 0 Å². The highest BCUT2D eigenvalue weighted by Crippen LogP contribution is 2.28. The lowest BCUT2D eigenvalue weighted by Gasteiger charge is -2.34. The predicted octanol–water partition coefficient (Wildman–Crippen LogP) is 4.24. The van der Waals surface area contributed by atoms with E-state index < -0.39 is 0 Å². The van der Waals surface area contributed by atoms with Crippen LogP contribution in [-0.2, 0) is 25.9 Å². The molecule has 1 aliphatic carbocycles. The zero-order chi connectivity index (χ0) is 17.1. The van der Waals surface area contributed by atoms with Crippen LogP contribution >= 0.6 is 24.8 Å². The van der Waals surface area contributed by atoms with Crippen LogP contribution in [0.5, 0.6) is 0 Å². The first kappa shape index (κ1) is 22.0. The molecule has 0 bridgehead atoms. The Labute approximate surface area is 175 Å². The molecule has 1 saturated heterocycles. The topological polar surface area (TPSA) is 41.3 Å². The minimum Gasteiger partial charge on any atom is -0.371 e. The van der Waals surface area contributed by atoms with Gasteiger partial charge in [0.25, 0.3) is 0 Å². The molecule has 148 valence electrons. The molecule has 2 aromatic rings. The van der Waals surface area contributed by atoms with Crippen molar-refractivity contribution in [2.75, 3.05) is 18.0 Å². The van der Waals surface area contributed by atoms with Gasteiger partial charge in [-0.1, -0.05) is 30.3 Å². The Morgan fingerprint density at radius 3 is 2.26 bits per heavy atom. The van der Waals surface area contributed by atoms with Crippen LogP contribution in [0.1, 0.15) is 41.5 Å². The molecule has 3 N–H and O–H groups in total. The van der Waals surface area contributed by atoms with Crippen LogP contribution in [0.4, 0.5) is 5.69 Å². The van der Waals surface area contributed by atoms with Crippen LogP contribution in [0, 0.1) is 0 Å². The van der Waals surface area contributed by atoms with Crippen molar-refractivity contribution in [3.05, 3.63) is 64.7 Å². The second kappa shape index (κ2) is 10.3. The Kier molecular flexibility index (Phi) is 8.43. The molecule has 1 aliphatic heterocycles. The number of fused-ring (bicyclic) bond motifs is 1. The van der Waals surface area contributed by atoms with Gasteiger partial charge in [-0.15, -0.1) is 24.8 Å². The average molecular weight is 408 g/mol. The molecular weight excluding hydrogens is 377 g/mol. The summed E-state index contributed by atoms with van der Waals surface area (Å²) in [6.45, 7) is 3.88. The molecule has 0 spiro atoms. The van der Waals surface area contributed by atoms with E-state index in [9.17, 15) is 0 Å². The van der Waals surface area contributed by atoms with E-state index in [1.165, 1.54) is 48.9 Å². The molecule has 0 amide bonds. The van der Waals surface area contributed by atoms with E-state index in [1.807, 2.05) is 0 Å². The first-order valence-electron chi connectivity index (χ1n) is 9.70. The van der Waals surface area contributed by atoms with E-state index in [-0.39, 0.29) is 24.8 Å². The second-order valence-corrected chi connectivity index (χ2v) is 7.47. The van der Waals surface area contributed by atoms with Crippen molar-refractivity contribution in [1.82, 2.24) is 5.32 Å². The molecule has 0 unspecified atom stereocenters. The van der Waals surface area contributed by atoms with E-state index in [0.717, 1.165) is 19.6 Å². The second-order valence-electron chi connectivity index (χ2n) is 7.47. The van der Waals surface area contributed by atoms with Crippen LogP contribution in [0.25, 0.3) is 0 Å². The molecule has 1 fully saturated rings. The van der Waals surface area contributed by atoms with E-state index >= 15 is 0 Å². The number of aryl methyl sites for hydroxylation is 2. The summed E-state index contributed by atoms with van der Waals surface area (Å²) >= 11 is 0. The van der Waals surface area contributed by atoms with Crippen molar-refractivity contribution in [2.45, 2.75) is 51.2 Å². The lowest BCUT2D eigenvalue weighted by atomic mass is 10.0. The highest BCUT2D eigenvalue weighted by atomic mass is 35.5. The lowest BCUT2D eigenvalue weighted by Crippen LogP contribution is -2.42. The van der Waals surface area contributed by atoms with Gasteiger partial charge in [-0.2, -0.15) is 0 Å². The van der Waals surface area contributed by atoms with E-state index in [4.69, 9.17) is 5.73 Å². The standard InChI is InChI=1S/C22H29N3.2ClH/c23-15-17-4-6-18(7-5-17)16-24-21-10-12-25(13-11-21)22-9-8-19-2-1-3-20(19)14-22;;/h4-9,14,21,24H,1-3,10-13,15-16,23H2;2*1H. The number of nitrogens with two attached hydrogens (primary N) is 1. The number of hydrogen-bond acceptors (Lipinski definition) is 3. The average Bonchev–Trinajstić information content (AvgIpc) is 3.15. The third-order valence-corrected chi connectivity index (χ3v) is 5.80. The van der Waals surface area contributed by atoms with Gasteiger partial charge < -0.3 is 16.0 Å². The van der Waals surface area contributed by atoms with Crippen LogP contribution in [0.2, 0.25) is 0 Å². The number of nitrogens with one attached hydrogen (secondary N) is 1. The van der Waals surface area contributed by atoms with Crippen molar-refractivity contribution in [3.8, 4) is 0 Å². The molecular formula is C22H31Cl2N3. The lowest BCUT2D eigenvalue weighted by molar-refractivity contribution is 0.414. The van der Waals surface area contributed by atoms with Crippen molar-refractivity contribution >= 4 is 30.5 Å². The summed E-state index contributed by atoms with van der Waals surface area (Å²) in [7, 11) is 0. The SMILES string of the molecule is Cl.Cl.NCc1ccc(CNC2CCN(c3ccc4c(c3)CCC4)CC2)cc1. The van der Waals surface area contributed by atoms with E-state index in [0.29, 0.717) is 12.6 Å². The number of halogens is 2. The molecule has 4 rings (SSSR count). The van der Waals surface area contributed by atoms with Gasteiger partial charge >= 0.3 is 0 Å². The molecule has 3 nitrogen and oxygen atoms in total. The summed E-state index contributed by atoms with van der Waals surface area (Å²) in [6, 6.07) is 16.4. The number of anilines is 1. The monoisotopic (exact) mass is 407 g/mol. The summed E-state index contributed by atoms with van der Waals surface area (Å²) in [5.74, 6) is 0. The van der Waals surface area contributed by atoms with Gasteiger partial charge in [0, 0.05) is 37.9 Å². The maximum atomic E-state index is 5.66. The molecule has 2 aliphatic rings. The summed E-state index contributed by atoms with van der Waals surface area (Å²) in [5.41, 5.74) is 12.8. The van der Waals surface area contributed by atoms with Gasteiger partial charge in [0.1, 0.15) is 0 Å². The summed E-state index contributed by atoms with van der Waals surface area (Å²) < 4.78 is 0. The van der Waals surface area contributed by atoms with Gasteiger partial charge in [-0.3, -0.25) is 0 Å². The highest BCUT2D eigenvalue weighted by molar-refractivity contribution is 5.85. The Morgan fingerprint density at radius 2 is 1.56 bits per heavy atom. The minimum absolute atomic E-state index is 0. The number of nitrogens with zero attached hydrogens (tertiary/aromatic N) is 1. The Hall–Kier alpha value is -1.26. The van der Waals surface area contributed by atoms with E-state index in [2.05, 4.69) is 52.7 Å². The van der Waals surface area contributed by atoms with Gasteiger partial charge in [0.15, 0.2) is 0 Å². The quantitative estimate of drug-likeness (QED) is 0.778. The fraction of sp³-hybridized carbons (Fsp3) is 0.455. The molecule has 0 atom stereocenters. The number of rotatable bonds is 5. The Morgan fingerprint density at radius 1 is 0.889 bits per heavy atom. The van der Waals surface area contributed by atoms with Crippen LogP contribution < -0.4 is 16.0 Å². The van der Waals surface area contributed by atoms with Crippen molar-refractivity contribution in [2.24, 2.45) is 5.73 Å². The Bertz CT molecular complexity index is 710. The van der Waals surface area contributed by atoms with Crippen LogP contribution in [0.3, 0.4) is 0 Å². The molecule has 0 saturated carbocycles. The zero-order valence-electron chi connectivity index (χ0n) is 15.8. The molecule has 27 heavy (non-hydrogen) atoms. The molecule has 0 aromatic heterocycles. The first-order chi connectivity index (χ1) is 12.3. The third-order valence-electron chi connectivity index (χ3n) is 5.80. The van der Waals surface area contributed by atoms with Crippen molar-refractivity contribution in [3.63, 3.8) is 0 Å². The van der Waals surface area contributed by atoms with Gasteiger partial charge in [0.05, 0.1) is 0 Å². The predicted molar refractivity (Wildman–Crippen MR) is 119 cm³/mol. The maximum Gasteiger partial charge on any atom is 0.0369 e. The molecule has 5 heteroatoms. The fourth-order valence-electron chi connectivity index (χ4n) is 4.15. The van der Waals surface area contributed by atoms with Crippen molar-refractivity contribution in [1.29, 1.82) is 0 Å². The number of piperidine rings is 1. The van der Waals surface area contributed by atoms with Crippen molar-refractivity contribution < 1.29 is 0 Å². The fourth-order valence-corrected chi connectivity index (χ4v) is 4.15. The zero-order valence-corrected chi connectivity index (χ0v) is 17.5. The molecule has 1 heterocycles. The smallest absolute Gasteiger partial charge is 0.0369 e. The van der Waals surface area contributed by atoms with Crippen LogP contribution in [0.15, 0.2) is 42.5 Å². The highest BCUT2D eigenvalue weighted by Gasteiger charge is 2.20.